The monoisotopic (exact) mass is 237 g/mol. The number of fused-ring (bicyclic) bond motifs is 1. The topological polar surface area (TPSA) is 57.6 Å². The Morgan fingerprint density at radius 1 is 1.56 bits per heavy atom. The second-order valence-electron chi connectivity index (χ2n) is 3.41. The molecule has 0 aliphatic carbocycles. The van der Waals surface area contributed by atoms with Crippen LogP contribution in [0.2, 0.25) is 0 Å². The molecule has 0 radical (unpaired) electrons. The lowest BCUT2D eigenvalue weighted by Crippen LogP contribution is -2.32. The molecule has 1 heterocycles. The lowest BCUT2D eigenvalue weighted by atomic mass is 10.2. The van der Waals surface area contributed by atoms with Gasteiger partial charge in [-0.15, -0.1) is 11.8 Å². The van der Waals surface area contributed by atoms with E-state index in [4.69, 9.17) is 5.11 Å². The molecule has 16 heavy (non-hydrogen) atoms. The Hall–Kier alpha value is -1.49. The van der Waals surface area contributed by atoms with Crippen LogP contribution >= 0.6 is 11.8 Å². The normalized spacial score (nSPS) is 14.1. The van der Waals surface area contributed by atoms with Crippen molar-refractivity contribution in [3.05, 3.63) is 23.8 Å². The van der Waals surface area contributed by atoms with Crippen molar-refractivity contribution in [2.45, 2.75) is 18.2 Å². The van der Waals surface area contributed by atoms with E-state index >= 15 is 0 Å². The minimum Gasteiger partial charge on any atom is -0.464 e. The molecule has 0 fully saturated rings. The number of amides is 2. The van der Waals surface area contributed by atoms with Crippen molar-refractivity contribution in [1.29, 1.82) is 0 Å². The molecular formula is C11H11NO3S. The molecule has 0 spiro atoms. The molecule has 0 saturated carbocycles. The molecule has 4 nitrogen and oxygen atoms in total. The van der Waals surface area contributed by atoms with Gasteiger partial charge in [0.2, 0.25) is 5.91 Å². The first-order valence-electron chi connectivity index (χ1n) is 4.95. The van der Waals surface area contributed by atoms with Gasteiger partial charge in [-0.2, -0.15) is 0 Å². The van der Waals surface area contributed by atoms with E-state index in [1.807, 2.05) is 19.1 Å². The first kappa shape index (κ1) is 11.0. The van der Waals surface area contributed by atoms with Gasteiger partial charge in [0.25, 0.3) is 0 Å². The Bertz CT molecular complexity index is 459. The van der Waals surface area contributed by atoms with Crippen LogP contribution in [0.3, 0.4) is 0 Å². The van der Waals surface area contributed by atoms with Crippen LogP contribution in [0.1, 0.15) is 12.5 Å². The van der Waals surface area contributed by atoms with E-state index in [0.717, 1.165) is 21.1 Å². The minimum absolute atomic E-state index is 0.179. The van der Waals surface area contributed by atoms with Gasteiger partial charge in [0, 0.05) is 4.90 Å². The third kappa shape index (κ3) is 1.78. The van der Waals surface area contributed by atoms with E-state index in [9.17, 15) is 9.59 Å². The average molecular weight is 237 g/mol. The van der Waals surface area contributed by atoms with Crippen LogP contribution < -0.4 is 4.90 Å². The van der Waals surface area contributed by atoms with Gasteiger partial charge in [0.15, 0.2) is 0 Å². The maximum atomic E-state index is 11.5. The van der Waals surface area contributed by atoms with Gasteiger partial charge in [0.05, 0.1) is 12.1 Å². The minimum atomic E-state index is -1.21. The van der Waals surface area contributed by atoms with Gasteiger partial charge in [-0.3, -0.25) is 4.79 Å². The second kappa shape index (κ2) is 4.17. The molecule has 1 aromatic rings. The lowest BCUT2D eigenvalue weighted by molar-refractivity contribution is -0.116. The third-order valence-corrected chi connectivity index (χ3v) is 3.27. The van der Waals surface area contributed by atoms with Crippen LogP contribution in [0, 0.1) is 0 Å². The molecule has 1 aromatic carbocycles. The Balaban J connectivity index is 2.42. The highest BCUT2D eigenvalue weighted by Gasteiger charge is 2.32. The number of thioether (sulfide) groups is 1. The van der Waals surface area contributed by atoms with Gasteiger partial charge in [-0.05, 0) is 23.4 Å². The summed E-state index contributed by atoms with van der Waals surface area (Å²) in [6.07, 6.45) is -1.03. The van der Waals surface area contributed by atoms with Crippen LogP contribution in [-0.4, -0.2) is 22.9 Å². The Morgan fingerprint density at radius 2 is 2.31 bits per heavy atom. The number of carboxylic acid groups (broad SMARTS) is 1. The number of carbonyl (C=O) groups excluding carboxylic acids is 1. The number of carbonyl (C=O) groups is 2. The average Bonchev–Trinajstić information content (AvgIpc) is 2.53. The van der Waals surface area contributed by atoms with Crippen molar-refractivity contribution in [3.8, 4) is 0 Å². The zero-order valence-corrected chi connectivity index (χ0v) is 9.58. The molecule has 5 heteroatoms. The zero-order chi connectivity index (χ0) is 11.7. The second-order valence-corrected chi connectivity index (χ2v) is 4.75. The molecule has 2 amide bonds. The molecule has 0 saturated heterocycles. The largest absolute Gasteiger partial charge is 0.464 e. The zero-order valence-electron chi connectivity index (χ0n) is 8.77. The van der Waals surface area contributed by atoms with E-state index in [-0.39, 0.29) is 12.3 Å². The molecule has 0 unspecified atom stereocenters. The van der Waals surface area contributed by atoms with E-state index in [1.165, 1.54) is 0 Å². The summed E-state index contributed by atoms with van der Waals surface area (Å²) in [5, 5.41) is 8.95. The van der Waals surface area contributed by atoms with E-state index < -0.39 is 6.09 Å². The van der Waals surface area contributed by atoms with Crippen LogP contribution in [0.5, 0.6) is 0 Å². The number of hydrogen-bond acceptors (Lipinski definition) is 3. The first-order chi connectivity index (χ1) is 7.63. The summed E-state index contributed by atoms with van der Waals surface area (Å²) >= 11 is 1.63. The van der Waals surface area contributed by atoms with Crippen LogP contribution in [0.25, 0.3) is 0 Å². The number of nitrogens with zero attached hydrogens (tertiary/aromatic N) is 1. The van der Waals surface area contributed by atoms with Gasteiger partial charge in [-0.25, -0.2) is 9.69 Å². The smallest absolute Gasteiger partial charge is 0.418 e. The van der Waals surface area contributed by atoms with E-state index in [2.05, 4.69) is 0 Å². The highest BCUT2D eigenvalue weighted by Crippen LogP contribution is 2.33. The molecule has 1 N–H and O–H groups in total. The molecular weight excluding hydrogens is 226 g/mol. The van der Waals surface area contributed by atoms with Crippen LogP contribution in [0.4, 0.5) is 10.5 Å². The van der Waals surface area contributed by atoms with Gasteiger partial charge < -0.3 is 5.11 Å². The molecule has 0 bridgehead atoms. The molecule has 84 valence electrons. The fourth-order valence-electron chi connectivity index (χ4n) is 1.74. The molecule has 2 rings (SSSR count). The molecule has 1 aliphatic rings. The number of imide groups is 1. The first-order valence-corrected chi connectivity index (χ1v) is 5.93. The van der Waals surface area contributed by atoms with Crippen molar-refractivity contribution in [2.75, 3.05) is 10.7 Å². The summed E-state index contributed by atoms with van der Waals surface area (Å²) in [5.41, 5.74) is 1.30. The third-order valence-electron chi connectivity index (χ3n) is 2.39. The van der Waals surface area contributed by atoms with Gasteiger partial charge in [0.1, 0.15) is 0 Å². The fourth-order valence-corrected chi connectivity index (χ4v) is 2.44. The predicted molar refractivity (Wildman–Crippen MR) is 62.1 cm³/mol. The van der Waals surface area contributed by atoms with Crippen LogP contribution in [0.15, 0.2) is 23.1 Å². The Kier molecular flexibility index (Phi) is 2.87. The van der Waals surface area contributed by atoms with Gasteiger partial charge in [-0.1, -0.05) is 13.0 Å². The molecule has 1 aliphatic heterocycles. The summed E-state index contributed by atoms with van der Waals surface area (Å²) < 4.78 is 0. The standard InChI is InChI=1S/C11H11NO3S/c1-2-16-8-4-3-7-5-10(13)12(11(14)15)9(7)6-8/h3-4,6H,2,5H2,1H3,(H,14,15). The lowest BCUT2D eigenvalue weighted by Gasteiger charge is -2.11. The van der Waals surface area contributed by atoms with E-state index in [1.54, 1.807) is 17.8 Å². The van der Waals surface area contributed by atoms with Crippen molar-refractivity contribution in [2.24, 2.45) is 0 Å². The van der Waals surface area contributed by atoms with Gasteiger partial charge >= 0.3 is 6.09 Å². The summed E-state index contributed by atoms with van der Waals surface area (Å²) in [7, 11) is 0. The summed E-state index contributed by atoms with van der Waals surface area (Å²) in [6.45, 7) is 2.03. The summed E-state index contributed by atoms with van der Waals surface area (Å²) in [4.78, 5) is 24.2. The SMILES string of the molecule is CCSc1ccc2c(c1)N(C(=O)O)C(=O)C2. The van der Waals surface area contributed by atoms with Crippen molar-refractivity contribution < 1.29 is 14.7 Å². The Morgan fingerprint density at radius 3 is 2.94 bits per heavy atom. The van der Waals surface area contributed by atoms with Crippen molar-refractivity contribution in [1.82, 2.24) is 0 Å². The van der Waals surface area contributed by atoms with Crippen molar-refractivity contribution >= 4 is 29.4 Å². The van der Waals surface area contributed by atoms with Crippen LogP contribution in [-0.2, 0) is 11.2 Å². The fraction of sp³-hybridized carbons (Fsp3) is 0.273. The quantitative estimate of drug-likeness (QED) is 0.802. The highest BCUT2D eigenvalue weighted by atomic mass is 32.2. The maximum Gasteiger partial charge on any atom is 0.418 e. The number of anilines is 1. The summed E-state index contributed by atoms with van der Waals surface area (Å²) in [6, 6.07) is 5.52. The number of hydrogen-bond donors (Lipinski definition) is 1. The Labute approximate surface area is 97.3 Å². The molecule has 0 atom stereocenters. The van der Waals surface area contributed by atoms with Crippen molar-refractivity contribution in [3.63, 3.8) is 0 Å². The number of rotatable bonds is 2. The maximum absolute atomic E-state index is 11.5. The highest BCUT2D eigenvalue weighted by molar-refractivity contribution is 7.99. The molecule has 0 aromatic heterocycles. The van der Waals surface area contributed by atoms with E-state index in [0.29, 0.717) is 5.69 Å². The summed E-state index contributed by atoms with van der Waals surface area (Å²) in [5.74, 6) is 0.543. The predicted octanol–water partition coefficient (Wildman–Crippen LogP) is 2.37. The number of benzene rings is 1.